The number of aliphatic hydroxyl groups excluding tert-OH is 1. The van der Waals surface area contributed by atoms with Crippen LogP contribution in [0, 0.1) is 0 Å². The molecule has 1 aromatic heterocycles. The van der Waals surface area contributed by atoms with Crippen molar-refractivity contribution in [3.8, 4) is 17.1 Å². The van der Waals surface area contributed by atoms with Gasteiger partial charge in [0.25, 0.3) is 0 Å². The molecule has 1 saturated heterocycles. The summed E-state index contributed by atoms with van der Waals surface area (Å²) in [6.07, 6.45) is 3.73. The molecule has 6 nitrogen and oxygen atoms in total. The second-order valence-corrected chi connectivity index (χ2v) is 5.45. The summed E-state index contributed by atoms with van der Waals surface area (Å²) in [5, 5.41) is 9.58. The van der Waals surface area contributed by atoms with E-state index in [1.165, 1.54) is 0 Å². The van der Waals surface area contributed by atoms with E-state index in [0.717, 1.165) is 17.0 Å². The van der Waals surface area contributed by atoms with E-state index in [4.69, 9.17) is 14.2 Å². The van der Waals surface area contributed by atoms with Crippen LogP contribution in [0.2, 0.25) is 0 Å². The van der Waals surface area contributed by atoms with Crippen LogP contribution in [0.1, 0.15) is 18.5 Å². The molecule has 0 saturated carbocycles. The minimum absolute atomic E-state index is 0.0166. The number of ether oxygens (including phenoxy) is 3. The fourth-order valence-electron chi connectivity index (χ4n) is 2.95. The van der Waals surface area contributed by atoms with Crippen LogP contribution in [0.25, 0.3) is 11.4 Å². The Hall–Kier alpha value is -1.89. The Morgan fingerprint density at radius 2 is 2.26 bits per heavy atom. The molecule has 124 valence electrons. The first kappa shape index (κ1) is 16.0. The molecule has 0 amide bonds. The number of hydrogen-bond donors (Lipinski definition) is 1. The maximum absolute atomic E-state index is 9.58. The van der Waals surface area contributed by atoms with Crippen molar-refractivity contribution < 1.29 is 19.3 Å². The smallest absolute Gasteiger partial charge is 0.140 e. The fourth-order valence-corrected chi connectivity index (χ4v) is 2.95. The zero-order chi connectivity index (χ0) is 16.2. The van der Waals surface area contributed by atoms with Gasteiger partial charge in [0.05, 0.1) is 32.5 Å². The molecule has 23 heavy (non-hydrogen) atoms. The fraction of sp³-hybridized carbons (Fsp3) is 0.471. The first-order valence-corrected chi connectivity index (χ1v) is 7.78. The lowest BCUT2D eigenvalue weighted by Gasteiger charge is -2.20. The van der Waals surface area contributed by atoms with Gasteiger partial charge < -0.3 is 23.9 Å². The third kappa shape index (κ3) is 3.10. The van der Waals surface area contributed by atoms with Gasteiger partial charge in [-0.1, -0.05) is 0 Å². The highest BCUT2D eigenvalue weighted by molar-refractivity contribution is 5.59. The Balaban J connectivity index is 1.95. The molecule has 0 bridgehead atoms. The third-order valence-electron chi connectivity index (χ3n) is 4.12. The van der Waals surface area contributed by atoms with E-state index in [1.807, 2.05) is 31.3 Å². The van der Waals surface area contributed by atoms with Crippen molar-refractivity contribution in [1.29, 1.82) is 0 Å². The van der Waals surface area contributed by atoms with E-state index in [9.17, 15) is 5.11 Å². The van der Waals surface area contributed by atoms with Crippen LogP contribution in [0.3, 0.4) is 0 Å². The summed E-state index contributed by atoms with van der Waals surface area (Å²) in [4.78, 5) is 4.48. The van der Waals surface area contributed by atoms with Crippen LogP contribution in [0.15, 0.2) is 30.6 Å². The van der Waals surface area contributed by atoms with E-state index >= 15 is 0 Å². The van der Waals surface area contributed by atoms with E-state index < -0.39 is 0 Å². The van der Waals surface area contributed by atoms with Gasteiger partial charge in [-0.2, -0.15) is 0 Å². The van der Waals surface area contributed by atoms with Crippen molar-refractivity contribution in [1.82, 2.24) is 9.55 Å². The van der Waals surface area contributed by atoms with Crippen LogP contribution < -0.4 is 4.74 Å². The van der Waals surface area contributed by atoms with E-state index in [0.29, 0.717) is 25.6 Å². The number of methoxy groups -OCH3 is 1. The molecule has 0 radical (unpaired) electrons. The predicted octanol–water partition coefficient (Wildman–Crippen LogP) is 2.03. The Bertz CT molecular complexity index is 656. The van der Waals surface area contributed by atoms with Gasteiger partial charge in [-0.05, 0) is 25.1 Å². The molecule has 2 aromatic rings. The summed E-state index contributed by atoms with van der Waals surface area (Å²) >= 11 is 0. The topological polar surface area (TPSA) is 65.7 Å². The Morgan fingerprint density at radius 1 is 1.39 bits per heavy atom. The highest BCUT2D eigenvalue weighted by Crippen LogP contribution is 2.30. The first-order chi connectivity index (χ1) is 11.3. The van der Waals surface area contributed by atoms with Gasteiger partial charge in [0.2, 0.25) is 0 Å². The van der Waals surface area contributed by atoms with Gasteiger partial charge >= 0.3 is 0 Å². The van der Waals surface area contributed by atoms with Crippen LogP contribution in [0.4, 0.5) is 0 Å². The molecule has 2 heterocycles. The number of benzene rings is 1. The summed E-state index contributed by atoms with van der Waals surface area (Å²) in [7, 11) is 1.70. The number of nitrogens with zero attached hydrogens (tertiary/aromatic N) is 2. The van der Waals surface area contributed by atoms with Crippen molar-refractivity contribution in [2.45, 2.75) is 25.7 Å². The standard InChI is InChI=1S/C17H22N2O4/c1-3-23-15-5-4-12(8-13(15)9-20)17-18-6-7-19(17)14-10-22-11-16(14)21-2/h4-8,14,16,20H,3,9-11H2,1-2H3/t14-,16+/m1/s1. The highest BCUT2D eigenvalue weighted by atomic mass is 16.5. The molecular formula is C17H22N2O4. The molecule has 1 fully saturated rings. The van der Waals surface area contributed by atoms with Gasteiger partial charge in [0, 0.05) is 30.6 Å². The number of imidazole rings is 1. The molecule has 2 atom stereocenters. The van der Waals surface area contributed by atoms with Crippen LogP contribution >= 0.6 is 0 Å². The van der Waals surface area contributed by atoms with Crippen LogP contribution in [-0.4, -0.2) is 47.7 Å². The predicted molar refractivity (Wildman–Crippen MR) is 85.4 cm³/mol. The van der Waals surface area contributed by atoms with Gasteiger partial charge in [0.1, 0.15) is 17.7 Å². The zero-order valence-electron chi connectivity index (χ0n) is 13.4. The average Bonchev–Trinajstić information content (AvgIpc) is 3.23. The second kappa shape index (κ2) is 7.12. The summed E-state index contributed by atoms with van der Waals surface area (Å²) in [5.41, 5.74) is 1.69. The molecule has 6 heteroatoms. The van der Waals surface area contributed by atoms with Crippen molar-refractivity contribution in [2.75, 3.05) is 26.9 Å². The highest BCUT2D eigenvalue weighted by Gasteiger charge is 2.31. The van der Waals surface area contributed by atoms with Gasteiger partial charge in [-0.25, -0.2) is 4.98 Å². The van der Waals surface area contributed by atoms with E-state index in [2.05, 4.69) is 9.55 Å². The third-order valence-corrected chi connectivity index (χ3v) is 4.12. The SMILES string of the molecule is CCOc1ccc(-c2nccn2[C@@H]2COC[C@@H]2OC)cc1CO. The van der Waals surface area contributed by atoms with Crippen molar-refractivity contribution in [3.05, 3.63) is 36.2 Å². The lowest BCUT2D eigenvalue weighted by Crippen LogP contribution is -2.24. The molecule has 0 spiro atoms. The largest absolute Gasteiger partial charge is 0.494 e. The monoisotopic (exact) mass is 318 g/mol. The normalized spacial score (nSPS) is 20.8. The second-order valence-electron chi connectivity index (χ2n) is 5.45. The maximum Gasteiger partial charge on any atom is 0.140 e. The molecule has 1 aliphatic rings. The van der Waals surface area contributed by atoms with Gasteiger partial charge in [-0.3, -0.25) is 0 Å². The summed E-state index contributed by atoms with van der Waals surface area (Å²) in [6, 6.07) is 5.85. The minimum Gasteiger partial charge on any atom is -0.494 e. The van der Waals surface area contributed by atoms with Crippen LogP contribution in [-0.2, 0) is 16.1 Å². The number of hydrogen-bond acceptors (Lipinski definition) is 5. The van der Waals surface area contributed by atoms with Gasteiger partial charge in [-0.15, -0.1) is 0 Å². The van der Waals surface area contributed by atoms with Crippen molar-refractivity contribution >= 4 is 0 Å². The summed E-state index contributed by atoms with van der Waals surface area (Å²) in [5.74, 6) is 1.54. The van der Waals surface area contributed by atoms with Crippen molar-refractivity contribution in [3.63, 3.8) is 0 Å². The summed E-state index contributed by atoms with van der Waals surface area (Å²) in [6.45, 7) is 3.61. The molecule has 1 aliphatic heterocycles. The molecule has 1 N–H and O–H groups in total. The molecule has 0 unspecified atom stereocenters. The lowest BCUT2D eigenvalue weighted by atomic mass is 10.1. The quantitative estimate of drug-likeness (QED) is 0.883. The molecular weight excluding hydrogens is 296 g/mol. The minimum atomic E-state index is -0.0723. The first-order valence-electron chi connectivity index (χ1n) is 7.78. The van der Waals surface area contributed by atoms with Crippen LogP contribution in [0.5, 0.6) is 5.75 Å². The Labute approximate surface area is 135 Å². The Morgan fingerprint density at radius 3 is 3.00 bits per heavy atom. The Kier molecular flexibility index (Phi) is 4.95. The van der Waals surface area contributed by atoms with E-state index in [1.54, 1.807) is 13.3 Å². The number of aromatic nitrogens is 2. The maximum atomic E-state index is 9.58. The zero-order valence-corrected chi connectivity index (χ0v) is 13.4. The van der Waals surface area contributed by atoms with Crippen molar-refractivity contribution in [2.24, 2.45) is 0 Å². The number of rotatable bonds is 6. The molecule has 0 aliphatic carbocycles. The average molecular weight is 318 g/mol. The molecule has 3 rings (SSSR count). The number of aliphatic hydroxyl groups is 1. The van der Waals surface area contributed by atoms with Gasteiger partial charge in [0.15, 0.2) is 0 Å². The molecule has 1 aromatic carbocycles. The lowest BCUT2D eigenvalue weighted by molar-refractivity contribution is 0.0688. The summed E-state index contributed by atoms with van der Waals surface area (Å²) < 4.78 is 18.7. The van der Waals surface area contributed by atoms with E-state index in [-0.39, 0.29) is 18.8 Å².